The van der Waals surface area contributed by atoms with Gasteiger partial charge in [0.15, 0.2) is 0 Å². The minimum absolute atomic E-state index is 0.0962. The Balaban J connectivity index is 1.23. The molecule has 3 unspecified atom stereocenters. The van der Waals surface area contributed by atoms with Crippen molar-refractivity contribution in [3.8, 4) is 0 Å². The van der Waals surface area contributed by atoms with Crippen LogP contribution in [0.25, 0.3) is 16.6 Å². The van der Waals surface area contributed by atoms with Crippen LogP contribution in [0, 0.1) is 17.8 Å². The van der Waals surface area contributed by atoms with Crippen LogP contribution >= 0.6 is 0 Å². The van der Waals surface area contributed by atoms with Crippen molar-refractivity contribution in [2.24, 2.45) is 17.8 Å². The van der Waals surface area contributed by atoms with Crippen molar-refractivity contribution in [1.82, 2.24) is 14.9 Å². The number of nitrogens with one attached hydrogen (secondary N) is 1. The number of aromatic amines is 1. The number of carbonyl (C=O) groups is 2. The van der Waals surface area contributed by atoms with Crippen LogP contribution in [-0.2, 0) is 20.7 Å². The fraction of sp³-hybridized carbons (Fsp3) is 0.485. The summed E-state index contributed by atoms with van der Waals surface area (Å²) in [6.45, 7) is 5.59. The lowest BCUT2D eigenvalue weighted by molar-refractivity contribution is -0.176. The van der Waals surface area contributed by atoms with Gasteiger partial charge < -0.3 is 19.4 Å². The van der Waals surface area contributed by atoms with Crippen LogP contribution in [-0.4, -0.2) is 59.7 Å². The quantitative estimate of drug-likeness (QED) is 0.296. The first-order valence-electron chi connectivity index (χ1n) is 14.5. The Hall–Kier alpha value is -3.45. The number of para-hydroxylation sites is 1. The van der Waals surface area contributed by atoms with Gasteiger partial charge in [0, 0.05) is 25.3 Å². The molecular weight excluding hydrogens is 502 g/mol. The average molecular weight is 544 g/mol. The Bertz CT molecular complexity index is 1380. The van der Waals surface area contributed by atoms with Gasteiger partial charge in [-0.05, 0) is 68.5 Å². The predicted molar refractivity (Wildman–Crippen MR) is 157 cm³/mol. The summed E-state index contributed by atoms with van der Waals surface area (Å²) in [5.74, 6) is 0.907. The van der Waals surface area contributed by atoms with E-state index in [9.17, 15) is 9.59 Å². The van der Waals surface area contributed by atoms with Crippen molar-refractivity contribution in [3.63, 3.8) is 0 Å². The molecule has 40 heavy (non-hydrogen) atoms. The van der Waals surface area contributed by atoms with Crippen molar-refractivity contribution < 1.29 is 19.1 Å². The monoisotopic (exact) mass is 543 g/mol. The first-order chi connectivity index (χ1) is 19.3. The van der Waals surface area contributed by atoms with Gasteiger partial charge in [0.2, 0.25) is 0 Å². The van der Waals surface area contributed by atoms with Crippen LogP contribution in [0.2, 0.25) is 0 Å². The molecule has 1 saturated carbocycles. The lowest BCUT2D eigenvalue weighted by atomic mass is 9.60. The smallest absolute Gasteiger partial charge is 0.340 e. The van der Waals surface area contributed by atoms with Crippen molar-refractivity contribution in [1.29, 1.82) is 0 Å². The molecule has 3 aliphatic rings. The number of benzene rings is 2. The largest absolute Gasteiger partial charge is 0.465 e. The van der Waals surface area contributed by atoms with E-state index >= 15 is 0 Å². The van der Waals surface area contributed by atoms with Crippen molar-refractivity contribution in [3.05, 3.63) is 71.6 Å². The highest BCUT2D eigenvalue weighted by Crippen LogP contribution is 2.53. The number of carbonyl (C=O) groups excluding carboxylic acids is 2. The highest BCUT2D eigenvalue weighted by atomic mass is 16.6. The lowest BCUT2D eigenvalue weighted by Gasteiger charge is -2.50. The van der Waals surface area contributed by atoms with E-state index in [4.69, 9.17) is 9.47 Å². The topological polar surface area (TPSA) is 84.5 Å². The minimum atomic E-state index is -0.445. The summed E-state index contributed by atoms with van der Waals surface area (Å²) in [5, 5.41) is 0. The average Bonchev–Trinajstić information content (AvgIpc) is 3.39. The summed E-state index contributed by atoms with van der Waals surface area (Å²) in [5.41, 5.74) is 4.24. The number of allylic oxidation sites excluding steroid dienone is 1. The Morgan fingerprint density at radius 2 is 1.90 bits per heavy atom. The number of H-pyrrole nitrogens is 1. The Morgan fingerprint density at radius 3 is 2.60 bits per heavy atom. The number of fused-ring (bicyclic) bond motifs is 3. The Labute approximate surface area is 237 Å². The molecule has 7 heteroatoms. The number of methoxy groups -OCH3 is 1. The molecule has 7 nitrogen and oxygen atoms in total. The highest BCUT2D eigenvalue weighted by Gasteiger charge is 2.50. The molecule has 1 fully saturated rings. The van der Waals surface area contributed by atoms with Crippen LogP contribution in [0.3, 0.4) is 0 Å². The molecule has 1 heterocycles. The molecular formula is C33H41N3O4. The summed E-state index contributed by atoms with van der Waals surface area (Å²) < 4.78 is 11.3. The summed E-state index contributed by atoms with van der Waals surface area (Å²) in [7, 11) is 3.52. The van der Waals surface area contributed by atoms with E-state index in [1.807, 2.05) is 26.0 Å². The number of ether oxygens (including phenoxy) is 2. The molecule has 2 aromatic carbocycles. The second-order valence-corrected chi connectivity index (χ2v) is 11.7. The molecule has 0 aliphatic heterocycles. The minimum Gasteiger partial charge on any atom is -0.465 e. The molecule has 0 radical (unpaired) electrons. The van der Waals surface area contributed by atoms with Crippen molar-refractivity contribution in [2.75, 3.05) is 27.2 Å². The molecule has 6 rings (SSSR count). The van der Waals surface area contributed by atoms with Gasteiger partial charge in [-0.25, -0.2) is 9.78 Å². The summed E-state index contributed by atoms with van der Waals surface area (Å²) in [6.07, 6.45) is 8.05. The van der Waals surface area contributed by atoms with E-state index in [0.717, 1.165) is 63.0 Å². The van der Waals surface area contributed by atoms with Crippen LogP contribution in [0.15, 0.2) is 54.6 Å². The zero-order valence-corrected chi connectivity index (χ0v) is 24.1. The summed E-state index contributed by atoms with van der Waals surface area (Å²) in [6, 6.07) is 16.2. The van der Waals surface area contributed by atoms with Gasteiger partial charge in [0.1, 0.15) is 16.9 Å². The van der Waals surface area contributed by atoms with Gasteiger partial charge >= 0.3 is 11.9 Å². The molecule has 3 aromatic rings. The van der Waals surface area contributed by atoms with E-state index in [0.29, 0.717) is 17.0 Å². The number of rotatable bonds is 11. The number of imidazole rings is 1. The third-order valence-electron chi connectivity index (χ3n) is 8.63. The van der Waals surface area contributed by atoms with Gasteiger partial charge in [-0.15, -0.1) is 0 Å². The number of hydrogen-bond donors (Lipinski definition) is 1. The first kappa shape index (κ1) is 28.1. The number of nitrogens with zero attached hydrogens (tertiary/aromatic N) is 2. The Kier molecular flexibility index (Phi) is 8.40. The molecule has 212 valence electrons. The van der Waals surface area contributed by atoms with E-state index in [-0.39, 0.29) is 23.8 Å². The van der Waals surface area contributed by atoms with Gasteiger partial charge in [-0.3, -0.25) is 4.79 Å². The normalized spacial score (nSPS) is 22.1. The fourth-order valence-electron chi connectivity index (χ4n) is 6.39. The second-order valence-electron chi connectivity index (χ2n) is 11.7. The second kappa shape index (κ2) is 12.0. The molecule has 0 amide bonds. The lowest BCUT2D eigenvalue weighted by Crippen LogP contribution is -2.51. The fourth-order valence-corrected chi connectivity index (χ4v) is 6.39. The molecule has 1 N–H and O–H groups in total. The standard InChI is InChI=1S/C33H41N3O4/c1-22(2)31(37)40-33(21-24-15-16-25(33)20-27(24)23-10-6-5-7-11-23)17-19-36(3)18-9-14-29-34-28-13-8-12-26(30(28)35-29)32(38)39-4/h5-8,10-13,20,22,24-25H,9,14-19,21H2,1-4H3,(H,34,35). The van der Waals surface area contributed by atoms with Crippen LogP contribution in [0.4, 0.5) is 0 Å². The third-order valence-corrected chi connectivity index (χ3v) is 8.63. The number of esters is 2. The van der Waals surface area contributed by atoms with E-state index in [1.54, 1.807) is 6.07 Å². The number of aryl methyl sites for hydroxylation is 1. The van der Waals surface area contributed by atoms with Gasteiger partial charge in [-0.2, -0.15) is 0 Å². The van der Waals surface area contributed by atoms with E-state index in [2.05, 4.69) is 58.3 Å². The molecule has 0 saturated heterocycles. The van der Waals surface area contributed by atoms with Crippen LogP contribution in [0.5, 0.6) is 0 Å². The number of hydrogen-bond acceptors (Lipinski definition) is 6. The molecule has 2 bridgehead atoms. The molecule has 3 aliphatic carbocycles. The van der Waals surface area contributed by atoms with E-state index < -0.39 is 5.60 Å². The zero-order chi connectivity index (χ0) is 28.3. The third kappa shape index (κ3) is 5.85. The maximum Gasteiger partial charge on any atom is 0.340 e. The van der Waals surface area contributed by atoms with Gasteiger partial charge in [0.05, 0.1) is 24.1 Å². The zero-order valence-electron chi connectivity index (χ0n) is 24.1. The SMILES string of the molecule is COC(=O)c1cccc2[nH]c(CCCN(C)CCC3(OC(=O)C(C)C)CC4CCC3C=C4c3ccccc3)nc12. The maximum absolute atomic E-state index is 12.9. The summed E-state index contributed by atoms with van der Waals surface area (Å²) >= 11 is 0. The van der Waals surface area contributed by atoms with Crippen LogP contribution in [0.1, 0.15) is 67.7 Å². The van der Waals surface area contributed by atoms with Crippen molar-refractivity contribution in [2.45, 2.75) is 58.0 Å². The van der Waals surface area contributed by atoms with Gasteiger partial charge in [0.25, 0.3) is 0 Å². The predicted octanol–water partition coefficient (Wildman–Crippen LogP) is 6.06. The van der Waals surface area contributed by atoms with Crippen molar-refractivity contribution >= 4 is 28.5 Å². The number of aromatic nitrogens is 2. The molecule has 0 spiro atoms. The van der Waals surface area contributed by atoms with E-state index in [1.165, 1.54) is 18.2 Å². The van der Waals surface area contributed by atoms with Gasteiger partial charge in [-0.1, -0.05) is 56.3 Å². The Morgan fingerprint density at radius 1 is 1.10 bits per heavy atom. The highest BCUT2D eigenvalue weighted by molar-refractivity contribution is 6.01. The molecule has 1 aromatic heterocycles. The van der Waals surface area contributed by atoms with Crippen LogP contribution < -0.4 is 0 Å². The molecule has 3 atom stereocenters. The maximum atomic E-state index is 12.9. The summed E-state index contributed by atoms with van der Waals surface area (Å²) in [4.78, 5) is 35.3. The first-order valence-corrected chi connectivity index (χ1v) is 14.5.